The first-order valence-electron chi connectivity index (χ1n) is 11.0. The number of anilines is 1. The average Bonchev–Trinajstić information content (AvgIpc) is 2.82. The summed E-state index contributed by atoms with van der Waals surface area (Å²) >= 11 is 12.6. The maximum atomic E-state index is 13.0. The summed E-state index contributed by atoms with van der Waals surface area (Å²) in [6, 6.07) is 17.4. The minimum absolute atomic E-state index is 0.0588. The first-order chi connectivity index (χ1) is 16.6. The summed E-state index contributed by atoms with van der Waals surface area (Å²) in [4.78, 5) is 17.3. The van der Waals surface area contributed by atoms with Crippen molar-refractivity contribution in [3.63, 3.8) is 0 Å². The van der Waals surface area contributed by atoms with Gasteiger partial charge in [-0.1, -0.05) is 33.6 Å². The highest BCUT2D eigenvalue weighted by molar-refractivity contribution is 9.11. The van der Waals surface area contributed by atoms with Crippen molar-refractivity contribution in [1.82, 2.24) is 9.80 Å². The Bertz CT molecular complexity index is 1340. The number of nitrogens with one attached hydrogen (secondary N) is 1. The SMILES string of the molecule is Cc1cc(Cl)ccc1CN1CCN(C(=O)c2ccc(NS(=O)(=O)c3cc(Br)ccc3Br)cc2)CC1. The fraction of sp³-hybridized carbons (Fsp3) is 0.240. The molecule has 0 spiro atoms. The molecule has 0 bridgehead atoms. The van der Waals surface area contributed by atoms with Crippen LogP contribution in [0.3, 0.4) is 0 Å². The molecule has 0 aliphatic carbocycles. The lowest BCUT2D eigenvalue weighted by Crippen LogP contribution is -2.48. The fourth-order valence-corrected chi connectivity index (χ4v) is 6.73. The minimum atomic E-state index is -3.79. The van der Waals surface area contributed by atoms with E-state index in [-0.39, 0.29) is 10.8 Å². The molecule has 35 heavy (non-hydrogen) atoms. The molecular formula is C25H24Br2ClN3O3S. The maximum absolute atomic E-state index is 13.0. The number of hydrogen-bond donors (Lipinski definition) is 1. The van der Waals surface area contributed by atoms with Gasteiger partial charge >= 0.3 is 0 Å². The van der Waals surface area contributed by atoms with E-state index in [2.05, 4.69) is 54.5 Å². The summed E-state index contributed by atoms with van der Waals surface area (Å²) in [7, 11) is -3.79. The second kappa shape index (κ2) is 11.0. The van der Waals surface area contributed by atoms with Crippen LogP contribution >= 0.6 is 43.5 Å². The molecule has 184 valence electrons. The molecule has 10 heteroatoms. The minimum Gasteiger partial charge on any atom is -0.336 e. The van der Waals surface area contributed by atoms with Gasteiger partial charge in [0.2, 0.25) is 0 Å². The molecule has 1 amide bonds. The predicted molar refractivity (Wildman–Crippen MR) is 146 cm³/mol. The Morgan fingerprint density at radius 2 is 1.66 bits per heavy atom. The molecule has 6 nitrogen and oxygen atoms in total. The van der Waals surface area contributed by atoms with Crippen molar-refractivity contribution in [2.75, 3.05) is 30.9 Å². The van der Waals surface area contributed by atoms with Gasteiger partial charge in [0, 0.05) is 57.9 Å². The van der Waals surface area contributed by atoms with Crippen molar-refractivity contribution in [3.05, 3.63) is 91.3 Å². The Kier molecular flexibility index (Phi) is 8.23. The molecule has 0 unspecified atom stereocenters. The molecular weight excluding hydrogens is 618 g/mol. The summed E-state index contributed by atoms with van der Waals surface area (Å²) < 4.78 is 29.3. The van der Waals surface area contributed by atoms with Gasteiger partial charge in [-0.3, -0.25) is 14.4 Å². The van der Waals surface area contributed by atoms with Crippen LogP contribution in [0.1, 0.15) is 21.5 Å². The number of aryl methyl sites for hydroxylation is 1. The third kappa shape index (κ3) is 6.46. The zero-order chi connectivity index (χ0) is 25.2. The molecule has 0 saturated carbocycles. The van der Waals surface area contributed by atoms with Gasteiger partial charge < -0.3 is 4.90 Å². The zero-order valence-corrected chi connectivity index (χ0v) is 23.7. The predicted octanol–water partition coefficient (Wildman–Crippen LogP) is 5.93. The maximum Gasteiger partial charge on any atom is 0.263 e. The summed E-state index contributed by atoms with van der Waals surface area (Å²) in [5, 5.41) is 0.737. The quantitative estimate of drug-likeness (QED) is 0.362. The molecule has 1 heterocycles. The molecule has 1 saturated heterocycles. The van der Waals surface area contributed by atoms with Crippen LogP contribution in [0.4, 0.5) is 5.69 Å². The van der Waals surface area contributed by atoms with Crippen LogP contribution in [-0.4, -0.2) is 50.3 Å². The Morgan fingerprint density at radius 3 is 2.31 bits per heavy atom. The first kappa shape index (κ1) is 26.2. The third-order valence-electron chi connectivity index (χ3n) is 5.92. The number of sulfonamides is 1. The van der Waals surface area contributed by atoms with Crippen LogP contribution in [0, 0.1) is 6.92 Å². The van der Waals surface area contributed by atoms with Gasteiger partial charge in [0.15, 0.2) is 0 Å². The van der Waals surface area contributed by atoms with Gasteiger partial charge in [-0.15, -0.1) is 0 Å². The van der Waals surface area contributed by atoms with E-state index in [1.807, 2.05) is 17.0 Å². The number of hydrogen-bond acceptors (Lipinski definition) is 4. The lowest BCUT2D eigenvalue weighted by molar-refractivity contribution is 0.0628. The number of carbonyl (C=O) groups is 1. The Balaban J connectivity index is 1.36. The molecule has 0 atom stereocenters. The average molecular weight is 642 g/mol. The van der Waals surface area contributed by atoms with Crippen LogP contribution in [0.15, 0.2) is 74.5 Å². The number of amides is 1. The number of rotatable bonds is 6. The van der Waals surface area contributed by atoms with Crippen molar-refractivity contribution >= 4 is 65.1 Å². The van der Waals surface area contributed by atoms with Gasteiger partial charge in [0.25, 0.3) is 15.9 Å². The molecule has 4 rings (SSSR count). The fourth-order valence-electron chi connectivity index (χ4n) is 3.94. The van der Waals surface area contributed by atoms with Crippen molar-refractivity contribution in [1.29, 1.82) is 0 Å². The standard InChI is InChI=1S/C25H24Br2ClN3O3S/c1-17-14-21(28)6-2-19(17)16-30-10-12-31(13-11-30)25(32)18-3-7-22(8-4-18)29-35(33,34)24-15-20(26)5-9-23(24)27/h2-9,14-15,29H,10-13,16H2,1H3. The smallest absolute Gasteiger partial charge is 0.263 e. The molecule has 3 aromatic rings. The largest absolute Gasteiger partial charge is 0.336 e. The summed E-state index contributed by atoms with van der Waals surface area (Å²) in [6.45, 7) is 5.73. The second-order valence-corrected chi connectivity index (χ2v) is 12.3. The van der Waals surface area contributed by atoms with Crippen molar-refractivity contribution < 1.29 is 13.2 Å². The van der Waals surface area contributed by atoms with E-state index < -0.39 is 10.0 Å². The van der Waals surface area contributed by atoms with E-state index in [1.165, 1.54) is 17.2 Å². The number of carbonyl (C=O) groups excluding carboxylic acids is 1. The highest BCUT2D eigenvalue weighted by Crippen LogP contribution is 2.27. The third-order valence-corrected chi connectivity index (χ3v) is 9.03. The first-order valence-corrected chi connectivity index (χ1v) is 14.4. The normalized spacial score (nSPS) is 14.7. The van der Waals surface area contributed by atoms with E-state index in [0.717, 1.165) is 24.7 Å². The highest BCUT2D eigenvalue weighted by atomic mass is 79.9. The van der Waals surface area contributed by atoms with Crippen molar-refractivity contribution in [3.8, 4) is 0 Å². The number of benzene rings is 3. The summed E-state index contributed by atoms with van der Waals surface area (Å²) in [5.41, 5.74) is 3.32. The molecule has 0 aromatic heterocycles. The zero-order valence-electron chi connectivity index (χ0n) is 19.0. The molecule has 0 radical (unpaired) electrons. The molecule has 1 N–H and O–H groups in total. The summed E-state index contributed by atoms with van der Waals surface area (Å²) in [5.74, 6) is -0.0588. The monoisotopic (exact) mass is 639 g/mol. The molecule has 1 aliphatic rings. The van der Waals surface area contributed by atoms with E-state index >= 15 is 0 Å². The lowest BCUT2D eigenvalue weighted by atomic mass is 10.1. The van der Waals surface area contributed by atoms with E-state index in [9.17, 15) is 13.2 Å². The van der Waals surface area contributed by atoms with Gasteiger partial charge in [0.1, 0.15) is 4.90 Å². The van der Waals surface area contributed by atoms with Crippen molar-refractivity contribution in [2.45, 2.75) is 18.4 Å². The van der Waals surface area contributed by atoms with Crippen molar-refractivity contribution in [2.24, 2.45) is 0 Å². The van der Waals surface area contributed by atoms with Crippen LogP contribution in [-0.2, 0) is 16.6 Å². The van der Waals surface area contributed by atoms with Crippen LogP contribution in [0.2, 0.25) is 5.02 Å². The molecule has 1 fully saturated rings. The second-order valence-electron chi connectivity index (χ2n) is 8.40. The van der Waals surface area contributed by atoms with Crippen LogP contribution in [0.5, 0.6) is 0 Å². The van der Waals surface area contributed by atoms with E-state index in [0.29, 0.717) is 33.3 Å². The van der Waals surface area contributed by atoms with Gasteiger partial charge in [0.05, 0.1) is 0 Å². The van der Waals surface area contributed by atoms with Crippen LogP contribution in [0.25, 0.3) is 0 Å². The highest BCUT2D eigenvalue weighted by Gasteiger charge is 2.23. The number of piperazine rings is 1. The molecule has 3 aromatic carbocycles. The van der Waals surface area contributed by atoms with E-state index in [4.69, 9.17) is 11.6 Å². The van der Waals surface area contributed by atoms with Gasteiger partial charge in [-0.05, 0) is 88.6 Å². The van der Waals surface area contributed by atoms with Crippen LogP contribution < -0.4 is 4.72 Å². The number of nitrogens with zero attached hydrogens (tertiary/aromatic N) is 2. The summed E-state index contributed by atoms with van der Waals surface area (Å²) in [6.07, 6.45) is 0. The van der Waals surface area contributed by atoms with Gasteiger partial charge in [-0.2, -0.15) is 0 Å². The lowest BCUT2D eigenvalue weighted by Gasteiger charge is -2.35. The Morgan fingerprint density at radius 1 is 0.971 bits per heavy atom. The van der Waals surface area contributed by atoms with Gasteiger partial charge in [-0.25, -0.2) is 8.42 Å². The number of halogens is 3. The molecule has 1 aliphatic heterocycles. The van der Waals surface area contributed by atoms with E-state index in [1.54, 1.807) is 36.4 Å². The Labute approximate surface area is 227 Å². The topological polar surface area (TPSA) is 69.7 Å². The Hall–Kier alpha value is -1.91.